The fraction of sp³-hybridized carbons (Fsp3) is 0.600. The molecule has 1 rings (SSSR count). The Labute approximate surface area is 127 Å². The first-order chi connectivity index (χ1) is 9.38. The molecule has 0 spiro atoms. The van der Waals surface area contributed by atoms with Crippen LogP contribution in [0.3, 0.4) is 0 Å². The predicted molar refractivity (Wildman–Crippen MR) is 80.9 cm³/mol. The predicted octanol–water partition coefficient (Wildman–Crippen LogP) is 6.10. The number of hydrogen-bond donors (Lipinski definition) is 1. The van der Waals surface area contributed by atoms with Gasteiger partial charge in [-0.3, -0.25) is 0 Å². The van der Waals surface area contributed by atoms with Crippen molar-refractivity contribution >= 4 is 21.6 Å². The standard InChI is InChI=1S/C15H21BrF3N/c1-3-5-6-11(4-2)10-20-14-9-12(15(17,18)19)7-8-13(14)16/h7-9,11,20H,3-6,10H2,1-2H3. The van der Waals surface area contributed by atoms with Gasteiger partial charge in [0.25, 0.3) is 0 Å². The zero-order valence-corrected chi connectivity index (χ0v) is 13.4. The van der Waals surface area contributed by atoms with Gasteiger partial charge < -0.3 is 5.32 Å². The number of rotatable bonds is 7. The van der Waals surface area contributed by atoms with Gasteiger partial charge >= 0.3 is 6.18 Å². The van der Waals surface area contributed by atoms with Gasteiger partial charge in [-0.25, -0.2) is 0 Å². The molecule has 1 aromatic carbocycles. The van der Waals surface area contributed by atoms with E-state index in [1.165, 1.54) is 6.07 Å². The lowest BCUT2D eigenvalue weighted by Crippen LogP contribution is -2.14. The van der Waals surface area contributed by atoms with E-state index in [0.717, 1.165) is 37.8 Å². The largest absolute Gasteiger partial charge is 0.416 e. The molecule has 0 aromatic heterocycles. The smallest absolute Gasteiger partial charge is 0.384 e. The molecule has 0 saturated heterocycles. The third-order valence-electron chi connectivity index (χ3n) is 3.42. The number of anilines is 1. The summed E-state index contributed by atoms with van der Waals surface area (Å²) in [6.07, 6.45) is 0.136. The lowest BCUT2D eigenvalue weighted by molar-refractivity contribution is -0.137. The molecule has 1 N–H and O–H groups in total. The fourth-order valence-corrected chi connectivity index (χ4v) is 2.42. The van der Waals surface area contributed by atoms with Crippen LogP contribution in [0.5, 0.6) is 0 Å². The first-order valence-corrected chi connectivity index (χ1v) is 7.78. The van der Waals surface area contributed by atoms with E-state index < -0.39 is 11.7 Å². The van der Waals surface area contributed by atoms with Gasteiger partial charge in [-0.2, -0.15) is 13.2 Å². The molecule has 5 heteroatoms. The van der Waals surface area contributed by atoms with Gasteiger partial charge in [0.1, 0.15) is 0 Å². The molecule has 0 heterocycles. The molecule has 0 aliphatic carbocycles. The highest BCUT2D eigenvalue weighted by atomic mass is 79.9. The van der Waals surface area contributed by atoms with Crippen LogP contribution < -0.4 is 5.32 Å². The molecular formula is C15H21BrF3N. The summed E-state index contributed by atoms with van der Waals surface area (Å²) in [5.74, 6) is 0.497. The van der Waals surface area contributed by atoms with Gasteiger partial charge in [0, 0.05) is 16.7 Å². The molecule has 1 aromatic rings. The lowest BCUT2D eigenvalue weighted by Gasteiger charge is -2.18. The molecule has 0 amide bonds. The Bertz CT molecular complexity index is 418. The third-order valence-corrected chi connectivity index (χ3v) is 4.11. The molecule has 0 aliphatic rings. The molecule has 114 valence electrons. The number of benzene rings is 1. The van der Waals surface area contributed by atoms with Crippen LogP contribution in [0.2, 0.25) is 0 Å². The minimum atomic E-state index is -4.30. The highest BCUT2D eigenvalue weighted by molar-refractivity contribution is 9.10. The highest BCUT2D eigenvalue weighted by Gasteiger charge is 2.30. The van der Waals surface area contributed by atoms with Crippen molar-refractivity contribution in [3.05, 3.63) is 28.2 Å². The second kappa shape index (κ2) is 7.91. The molecule has 0 radical (unpaired) electrons. The van der Waals surface area contributed by atoms with E-state index in [9.17, 15) is 13.2 Å². The minimum Gasteiger partial charge on any atom is -0.384 e. The molecule has 1 nitrogen and oxygen atoms in total. The van der Waals surface area contributed by atoms with Crippen LogP contribution in [0.15, 0.2) is 22.7 Å². The summed E-state index contributed by atoms with van der Waals surface area (Å²) in [6.45, 7) is 4.96. The Morgan fingerprint density at radius 3 is 2.50 bits per heavy atom. The first-order valence-electron chi connectivity index (χ1n) is 6.99. The number of alkyl halides is 3. The van der Waals surface area contributed by atoms with Crippen LogP contribution in [-0.2, 0) is 6.18 Å². The fourth-order valence-electron chi connectivity index (χ4n) is 2.03. The van der Waals surface area contributed by atoms with Crippen LogP contribution in [0, 0.1) is 5.92 Å². The highest BCUT2D eigenvalue weighted by Crippen LogP contribution is 2.34. The van der Waals surface area contributed by atoms with Crippen molar-refractivity contribution in [3.63, 3.8) is 0 Å². The minimum absolute atomic E-state index is 0.497. The Kier molecular flexibility index (Phi) is 6.86. The maximum Gasteiger partial charge on any atom is 0.416 e. The summed E-state index contributed by atoms with van der Waals surface area (Å²) in [7, 11) is 0. The van der Waals surface area contributed by atoms with Crippen molar-refractivity contribution in [1.29, 1.82) is 0 Å². The number of hydrogen-bond acceptors (Lipinski definition) is 1. The van der Waals surface area contributed by atoms with Crippen molar-refractivity contribution in [1.82, 2.24) is 0 Å². The van der Waals surface area contributed by atoms with Crippen molar-refractivity contribution in [2.24, 2.45) is 5.92 Å². The monoisotopic (exact) mass is 351 g/mol. The molecule has 0 bridgehead atoms. The number of halogens is 4. The molecule has 0 fully saturated rings. The van der Waals surface area contributed by atoms with Gasteiger partial charge in [0.15, 0.2) is 0 Å². The molecule has 0 aliphatic heterocycles. The zero-order chi connectivity index (χ0) is 15.2. The Balaban J connectivity index is 2.71. The maximum absolute atomic E-state index is 12.7. The maximum atomic E-state index is 12.7. The van der Waals surface area contributed by atoms with Gasteiger partial charge in [-0.05, 0) is 46.5 Å². The molecule has 20 heavy (non-hydrogen) atoms. The van der Waals surface area contributed by atoms with E-state index in [4.69, 9.17) is 0 Å². The second-order valence-electron chi connectivity index (χ2n) is 4.99. The van der Waals surface area contributed by atoms with Crippen LogP contribution >= 0.6 is 15.9 Å². The average Bonchev–Trinajstić information content (AvgIpc) is 2.39. The van der Waals surface area contributed by atoms with Crippen LogP contribution in [0.1, 0.15) is 45.1 Å². The first kappa shape index (κ1) is 17.3. The summed E-state index contributed by atoms with van der Waals surface area (Å²) in [5, 5.41) is 3.14. The molecular weight excluding hydrogens is 331 g/mol. The molecule has 1 unspecified atom stereocenters. The van der Waals surface area contributed by atoms with Crippen LogP contribution in [0.25, 0.3) is 0 Å². The number of nitrogens with one attached hydrogen (secondary N) is 1. The summed E-state index contributed by atoms with van der Waals surface area (Å²) >= 11 is 3.29. The SMILES string of the molecule is CCCCC(CC)CNc1cc(C(F)(F)F)ccc1Br. The van der Waals surface area contributed by atoms with Crippen molar-refractivity contribution in [2.45, 2.75) is 45.7 Å². The van der Waals surface area contributed by atoms with Gasteiger partial charge in [0.05, 0.1) is 5.56 Å². The number of unbranched alkanes of at least 4 members (excludes halogenated alkanes) is 1. The quantitative estimate of drug-likeness (QED) is 0.626. The Morgan fingerprint density at radius 1 is 1.25 bits per heavy atom. The van der Waals surface area contributed by atoms with Crippen molar-refractivity contribution in [2.75, 3.05) is 11.9 Å². The normalized spacial score (nSPS) is 13.3. The van der Waals surface area contributed by atoms with Crippen molar-refractivity contribution in [3.8, 4) is 0 Å². The van der Waals surface area contributed by atoms with E-state index >= 15 is 0 Å². The molecule has 1 atom stereocenters. The summed E-state index contributed by atoms with van der Waals surface area (Å²) in [6, 6.07) is 3.69. The van der Waals surface area contributed by atoms with E-state index in [1.54, 1.807) is 0 Å². The van der Waals surface area contributed by atoms with E-state index in [1.807, 2.05) is 0 Å². The van der Waals surface area contributed by atoms with Gasteiger partial charge in [-0.15, -0.1) is 0 Å². The summed E-state index contributed by atoms with van der Waals surface area (Å²) in [4.78, 5) is 0. The topological polar surface area (TPSA) is 12.0 Å². The zero-order valence-electron chi connectivity index (χ0n) is 11.9. The van der Waals surface area contributed by atoms with Crippen molar-refractivity contribution < 1.29 is 13.2 Å². The van der Waals surface area contributed by atoms with Gasteiger partial charge in [-0.1, -0.05) is 33.1 Å². The van der Waals surface area contributed by atoms with E-state index in [0.29, 0.717) is 22.6 Å². The third kappa shape index (κ3) is 5.35. The van der Waals surface area contributed by atoms with Crippen LogP contribution in [0.4, 0.5) is 18.9 Å². The second-order valence-corrected chi connectivity index (χ2v) is 5.84. The van der Waals surface area contributed by atoms with Gasteiger partial charge in [0.2, 0.25) is 0 Å². The Hall–Kier alpha value is -0.710. The van der Waals surface area contributed by atoms with E-state index in [-0.39, 0.29) is 0 Å². The summed E-state index contributed by atoms with van der Waals surface area (Å²) < 4.78 is 38.7. The Morgan fingerprint density at radius 2 is 1.95 bits per heavy atom. The van der Waals surface area contributed by atoms with E-state index in [2.05, 4.69) is 35.1 Å². The summed E-state index contributed by atoms with van der Waals surface area (Å²) in [5.41, 5.74) is -0.111. The average molecular weight is 352 g/mol. The lowest BCUT2D eigenvalue weighted by atomic mass is 9.99. The molecule has 0 saturated carbocycles. The van der Waals surface area contributed by atoms with Crippen LogP contribution in [-0.4, -0.2) is 6.54 Å².